The zero-order valence-electron chi connectivity index (χ0n) is 23.5. The average Bonchev–Trinajstić information content (AvgIpc) is 3.70. The highest BCUT2D eigenvalue weighted by Crippen LogP contribution is 2.42. The Morgan fingerprint density at radius 1 is 1.10 bits per heavy atom. The molecule has 0 aliphatic carbocycles. The lowest BCUT2D eigenvalue weighted by Gasteiger charge is -2.34. The molecule has 0 spiro atoms. The van der Waals surface area contributed by atoms with Crippen LogP contribution in [0.4, 0.5) is 14.6 Å². The predicted octanol–water partition coefficient (Wildman–Crippen LogP) is 4.53. The van der Waals surface area contributed by atoms with E-state index in [0.29, 0.717) is 48.4 Å². The third kappa shape index (κ3) is 4.01. The highest BCUT2D eigenvalue weighted by atomic mass is 19.1. The van der Waals surface area contributed by atoms with Crippen molar-refractivity contribution in [2.75, 3.05) is 37.7 Å². The van der Waals surface area contributed by atoms with Gasteiger partial charge >= 0.3 is 6.01 Å². The highest BCUT2D eigenvalue weighted by molar-refractivity contribution is 6.00. The molecule has 4 fully saturated rings. The molecule has 2 bridgehead atoms. The number of aromatic nitrogens is 4. The molecule has 0 radical (unpaired) electrons. The fraction of sp³-hybridized carbons (Fsp3) is 0.516. The van der Waals surface area contributed by atoms with E-state index in [-0.39, 0.29) is 17.1 Å². The number of hydrogen-bond acceptors (Lipinski definition) is 7. The van der Waals surface area contributed by atoms with Crippen molar-refractivity contribution in [3.8, 4) is 17.1 Å². The summed E-state index contributed by atoms with van der Waals surface area (Å²) in [4.78, 5) is 14.1. The van der Waals surface area contributed by atoms with E-state index in [1.54, 1.807) is 10.9 Å². The number of rotatable bonds is 5. The summed E-state index contributed by atoms with van der Waals surface area (Å²) in [6, 6.07) is 8.77. The minimum Gasteiger partial charge on any atom is -0.461 e. The zero-order valence-corrected chi connectivity index (χ0v) is 23.5. The van der Waals surface area contributed by atoms with Crippen molar-refractivity contribution in [3.63, 3.8) is 0 Å². The van der Waals surface area contributed by atoms with Crippen LogP contribution in [0, 0.1) is 12.7 Å². The van der Waals surface area contributed by atoms with Crippen molar-refractivity contribution in [1.82, 2.24) is 30.0 Å². The van der Waals surface area contributed by atoms with Crippen molar-refractivity contribution in [3.05, 3.63) is 41.8 Å². The minimum atomic E-state index is -0.846. The molecule has 6 heterocycles. The molecule has 1 N–H and O–H groups in total. The van der Waals surface area contributed by atoms with Crippen LogP contribution in [0.25, 0.3) is 32.9 Å². The van der Waals surface area contributed by atoms with Crippen LogP contribution in [0.15, 0.2) is 30.5 Å². The van der Waals surface area contributed by atoms with Crippen LogP contribution in [0.3, 0.4) is 0 Å². The molecular formula is C31H35F2N7O. The summed E-state index contributed by atoms with van der Waals surface area (Å²) in [5.41, 5.74) is 3.06. The van der Waals surface area contributed by atoms with Crippen LogP contribution >= 0.6 is 0 Å². The molecule has 214 valence electrons. The van der Waals surface area contributed by atoms with E-state index in [0.717, 1.165) is 67.3 Å². The lowest BCUT2D eigenvalue weighted by atomic mass is 9.95. The molecule has 4 aliphatic rings. The molecule has 2 unspecified atom stereocenters. The number of hydrogen-bond donors (Lipinski definition) is 1. The van der Waals surface area contributed by atoms with Crippen LogP contribution in [0.2, 0.25) is 0 Å². The van der Waals surface area contributed by atoms with Gasteiger partial charge in [0.25, 0.3) is 0 Å². The van der Waals surface area contributed by atoms with Crippen LogP contribution in [0.5, 0.6) is 6.01 Å². The topological polar surface area (TPSA) is 71.3 Å². The number of anilines is 1. The maximum absolute atomic E-state index is 16.7. The van der Waals surface area contributed by atoms with E-state index < -0.39 is 12.0 Å². The fourth-order valence-corrected chi connectivity index (χ4v) is 7.95. The normalized spacial score (nSPS) is 27.8. The van der Waals surface area contributed by atoms with Gasteiger partial charge in [-0.1, -0.05) is 18.2 Å². The molecule has 2 aromatic carbocycles. The van der Waals surface area contributed by atoms with Crippen molar-refractivity contribution in [1.29, 1.82) is 0 Å². The largest absolute Gasteiger partial charge is 0.461 e. The molecule has 4 aromatic rings. The number of nitrogens with zero attached hydrogens (tertiary/aromatic N) is 6. The molecule has 4 aliphatic heterocycles. The van der Waals surface area contributed by atoms with Crippen LogP contribution < -0.4 is 15.0 Å². The fourth-order valence-electron chi connectivity index (χ4n) is 7.95. The third-order valence-corrected chi connectivity index (χ3v) is 9.89. The van der Waals surface area contributed by atoms with Crippen LogP contribution in [-0.2, 0) is 7.05 Å². The number of piperazine rings is 1. The van der Waals surface area contributed by atoms with E-state index in [1.807, 2.05) is 38.2 Å². The molecule has 10 heteroatoms. The van der Waals surface area contributed by atoms with Gasteiger partial charge in [0.05, 0.1) is 17.3 Å². The lowest BCUT2D eigenvalue weighted by molar-refractivity contribution is 0.107. The SMILES string of the molecule is Cc1ccc2cnn(C)c2c1-c1ccc2c(N3CC4CCC(C3)N4)nc(OC[C@@]34CCCN3C[C@H](F)C4)nc2c1F. The summed E-state index contributed by atoms with van der Waals surface area (Å²) in [6.07, 6.45) is 5.59. The summed E-state index contributed by atoms with van der Waals surface area (Å²) in [5.74, 6) is 0.316. The maximum atomic E-state index is 16.7. The number of aryl methyl sites for hydroxylation is 2. The Morgan fingerprint density at radius 2 is 1.93 bits per heavy atom. The molecule has 2 aromatic heterocycles. The second kappa shape index (κ2) is 9.32. The Labute approximate surface area is 237 Å². The lowest BCUT2D eigenvalue weighted by Crippen LogP contribution is -2.51. The summed E-state index contributed by atoms with van der Waals surface area (Å²) in [6.45, 7) is 5.25. The van der Waals surface area contributed by atoms with Gasteiger partial charge in [-0.2, -0.15) is 15.1 Å². The van der Waals surface area contributed by atoms with Gasteiger partial charge in [0.15, 0.2) is 5.82 Å². The standard InChI is InChI=1S/C31H35F2N7O/c1-18-4-5-19-13-34-38(2)28(19)25(18)23-8-9-24-27(26(23)33)36-30(37-29(24)39-15-21-6-7-22(16-39)35-21)41-17-31-10-3-11-40(31)14-20(32)12-31/h4-5,8-9,13,20-22,35H,3,6-7,10-12,14-17H2,1-2H3/t20-,21?,22?,31+/m1/s1. The zero-order chi connectivity index (χ0) is 27.9. The first kappa shape index (κ1) is 25.3. The molecule has 8 nitrogen and oxygen atoms in total. The molecule has 8 rings (SSSR count). The quantitative estimate of drug-likeness (QED) is 0.385. The van der Waals surface area contributed by atoms with Gasteiger partial charge in [-0.3, -0.25) is 9.58 Å². The van der Waals surface area contributed by atoms with Gasteiger partial charge in [0, 0.05) is 67.1 Å². The number of halogens is 2. The summed E-state index contributed by atoms with van der Waals surface area (Å²) < 4.78 is 39.3. The van der Waals surface area contributed by atoms with Gasteiger partial charge in [-0.05, 0) is 50.8 Å². The second-order valence-electron chi connectivity index (χ2n) is 12.5. The first-order chi connectivity index (χ1) is 19.9. The van der Waals surface area contributed by atoms with E-state index >= 15 is 4.39 Å². The number of ether oxygens (including phenoxy) is 1. The van der Waals surface area contributed by atoms with Crippen molar-refractivity contribution < 1.29 is 13.5 Å². The van der Waals surface area contributed by atoms with Gasteiger partial charge in [-0.15, -0.1) is 0 Å². The second-order valence-corrected chi connectivity index (χ2v) is 12.5. The molecule has 4 atom stereocenters. The Morgan fingerprint density at radius 3 is 2.76 bits per heavy atom. The molecule has 0 amide bonds. The molecule has 0 saturated carbocycles. The van der Waals surface area contributed by atoms with E-state index in [9.17, 15) is 4.39 Å². The summed E-state index contributed by atoms with van der Waals surface area (Å²) >= 11 is 0. The average molecular weight is 560 g/mol. The van der Waals surface area contributed by atoms with Gasteiger partial charge < -0.3 is 15.0 Å². The first-order valence-electron chi connectivity index (χ1n) is 14.8. The van der Waals surface area contributed by atoms with Crippen molar-refractivity contribution in [2.45, 2.75) is 62.8 Å². The number of alkyl halides is 1. The number of fused-ring (bicyclic) bond motifs is 5. The highest BCUT2D eigenvalue weighted by Gasteiger charge is 2.49. The molecule has 4 saturated heterocycles. The Balaban J connectivity index is 1.25. The smallest absolute Gasteiger partial charge is 0.319 e. The van der Waals surface area contributed by atoms with Crippen LogP contribution in [-0.4, -0.2) is 81.2 Å². The number of nitrogens with one attached hydrogen (secondary N) is 1. The number of benzene rings is 2. The van der Waals surface area contributed by atoms with E-state index in [2.05, 4.69) is 20.2 Å². The van der Waals surface area contributed by atoms with E-state index in [4.69, 9.17) is 14.7 Å². The first-order valence-corrected chi connectivity index (χ1v) is 14.8. The van der Waals surface area contributed by atoms with Crippen molar-refractivity contribution >= 4 is 27.6 Å². The predicted molar refractivity (Wildman–Crippen MR) is 155 cm³/mol. The molecule has 41 heavy (non-hydrogen) atoms. The van der Waals surface area contributed by atoms with Gasteiger partial charge in [-0.25, -0.2) is 8.78 Å². The summed E-state index contributed by atoms with van der Waals surface area (Å²) in [5, 5.41) is 9.73. The Bertz CT molecular complexity index is 1660. The summed E-state index contributed by atoms with van der Waals surface area (Å²) in [7, 11) is 1.88. The monoisotopic (exact) mass is 559 g/mol. The van der Waals surface area contributed by atoms with Gasteiger partial charge in [0.2, 0.25) is 0 Å². The Kier molecular flexibility index (Phi) is 5.76. The van der Waals surface area contributed by atoms with Gasteiger partial charge in [0.1, 0.15) is 24.1 Å². The maximum Gasteiger partial charge on any atom is 0.319 e. The minimum absolute atomic E-state index is 0.161. The Hall–Kier alpha value is -3.37. The van der Waals surface area contributed by atoms with Crippen molar-refractivity contribution in [2.24, 2.45) is 7.05 Å². The van der Waals surface area contributed by atoms with Crippen LogP contribution in [0.1, 0.15) is 37.7 Å². The third-order valence-electron chi connectivity index (χ3n) is 9.89. The molecular weight excluding hydrogens is 524 g/mol. The van der Waals surface area contributed by atoms with E-state index in [1.165, 1.54) is 0 Å².